The molecular weight excluding hydrogens is 429 g/mol. The van der Waals surface area contributed by atoms with Crippen LogP contribution in [0.4, 0.5) is 10.1 Å². The molecule has 0 radical (unpaired) electrons. The molecule has 170 valence electrons. The first-order valence-electron chi connectivity index (χ1n) is 11.3. The van der Waals surface area contributed by atoms with E-state index in [0.29, 0.717) is 18.0 Å². The number of fused-ring (bicyclic) bond motifs is 2. The lowest BCUT2D eigenvalue weighted by molar-refractivity contribution is -0.139. The van der Waals surface area contributed by atoms with Crippen LogP contribution in [0.3, 0.4) is 0 Å². The first kappa shape index (κ1) is 21.7. The molecule has 4 unspecified atom stereocenters. The van der Waals surface area contributed by atoms with Gasteiger partial charge in [-0.05, 0) is 42.4 Å². The summed E-state index contributed by atoms with van der Waals surface area (Å²) in [6.07, 6.45) is 4.95. The van der Waals surface area contributed by atoms with E-state index in [-0.39, 0.29) is 16.5 Å². The Kier molecular flexibility index (Phi) is 5.02. The van der Waals surface area contributed by atoms with Gasteiger partial charge in [-0.25, -0.2) is 4.39 Å². The second-order valence-electron chi connectivity index (χ2n) is 10.7. The minimum absolute atomic E-state index is 0.00875. The molecule has 1 spiro atoms. The Morgan fingerprint density at radius 2 is 2.09 bits per heavy atom. The molecule has 2 aliphatic heterocycles. The molecule has 5 rings (SSSR count). The predicted molar refractivity (Wildman–Crippen MR) is 123 cm³/mol. The number of aliphatic carboxylic acids is 1. The first-order chi connectivity index (χ1) is 15.1. The van der Waals surface area contributed by atoms with E-state index < -0.39 is 29.2 Å². The monoisotopic (exact) mass is 457 g/mol. The highest BCUT2D eigenvalue weighted by Gasteiger charge is 2.62. The summed E-state index contributed by atoms with van der Waals surface area (Å²) in [7, 11) is 0. The number of halogens is 2. The molecule has 2 aromatic rings. The van der Waals surface area contributed by atoms with E-state index in [4.69, 9.17) is 16.6 Å². The highest BCUT2D eigenvalue weighted by molar-refractivity contribution is 6.30. The lowest BCUT2D eigenvalue weighted by atomic mass is 9.63. The third-order valence-electron chi connectivity index (χ3n) is 7.28. The van der Waals surface area contributed by atoms with E-state index in [1.165, 1.54) is 6.07 Å². The average Bonchev–Trinajstić information content (AvgIpc) is 3.44. The Bertz CT molecular complexity index is 1080. The Morgan fingerprint density at radius 3 is 2.75 bits per heavy atom. The van der Waals surface area contributed by atoms with Gasteiger partial charge < -0.3 is 15.7 Å². The Morgan fingerprint density at radius 1 is 1.34 bits per heavy atom. The van der Waals surface area contributed by atoms with Gasteiger partial charge in [0.25, 0.3) is 0 Å². The maximum atomic E-state index is 15.4. The van der Waals surface area contributed by atoms with Crippen molar-refractivity contribution in [1.82, 2.24) is 10.3 Å². The van der Waals surface area contributed by atoms with Gasteiger partial charge in [-0.3, -0.25) is 9.78 Å². The number of pyridine rings is 1. The SMILES string of the molecule is CC(C)(C)CC1NC(C(=O)O)C(c2cccc(Cl)c2F)C12CNc1cc(C3CC3)ncc12. The number of carboxylic acids is 1. The van der Waals surface area contributed by atoms with Crippen molar-refractivity contribution < 1.29 is 14.3 Å². The molecule has 1 aliphatic carbocycles. The van der Waals surface area contributed by atoms with E-state index in [0.717, 1.165) is 36.2 Å². The van der Waals surface area contributed by atoms with Crippen LogP contribution in [0.5, 0.6) is 0 Å². The molecule has 3 N–H and O–H groups in total. The molecular formula is C25H29ClFN3O2. The van der Waals surface area contributed by atoms with Crippen molar-refractivity contribution in [2.75, 3.05) is 11.9 Å². The van der Waals surface area contributed by atoms with E-state index in [2.05, 4.69) is 37.5 Å². The highest BCUT2D eigenvalue weighted by Crippen LogP contribution is 2.56. The molecule has 5 nitrogen and oxygen atoms in total. The van der Waals surface area contributed by atoms with Gasteiger partial charge in [-0.15, -0.1) is 0 Å². The smallest absolute Gasteiger partial charge is 0.321 e. The van der Waals surface area contributed by atoms with Crippen LogP contribution in [0.25, 0.3) is 0 Å². The fourth-order valence-electron chi connectivity index (χ4n) is 5.78. The molecule has 1 saturated carbocycles. The molecule has 1 saturated heterocycles. The largest absolute Gasteiger partial charge is 0.480 e. The maximum absolute atomic E-state index is 15.4. The summed E-state index contributed by atoms with van der Waals surface area (Å²) >= 11 is 6.15. The van der Waals surface area contributed by atoms with Crippen LogP contribution in [-0.4, -0.2) is 34.7 Å². The zero-order valence-corrected chi connectivity index (χ0v) is 19.3. The van der Waals surface area contributed by atoms with E-state index >= 15 is 4.39 Å². The van der Waals surface area contributed by atoms with Crippen LogP contribution in [0.1, 0.15) is 68.7 Å². The van der Waals surface area contributed by atoms with Crippen LogP contribution in [-0.2, 0) is 10.2 Å². The third kappa shape index (κ3) is 3.39. The summed E-state index contributed by atoms with van der Waals surface area (Å²) in [5, 5.41) is 17.1. The van der Waals surface area contributed by atoms with E-state index in [1.54, 1.807) is 12.1 Å². The van der Waals surface area contributed by atoms with E-state index in [1.807, 2.05) is 6.20 Å². The summed E-state index contributed by atoms with van der Waals surface area (Å²) in [5.74, 6) is -1.65. The number of carbonyl (C=O) groups is 1. The molecule has 32 heavy (non-hydrogen) atoms. The molecule has 2 fully saturated rings. The Hall–Kier alpha value is -2.18. The fraction of sp³-hybridized carbons (Fsp3) is 0.520. The van der Waals surface area contributed by atoms with Gasteiger partial charge in [-0.1, -0.05) is 44.5 Å². The molecule has 4 atom stereocenters. The number of nitrogens with one attached hydrogen (secondary N) is 2. The second kappa shape index (κ2) is 7.42. The number of carboxylic acid groups (broad SMARTS) is 1. The van der Waals surface area contributed by atoms with E-state index in [9.17, 15) is 9.90 Å². The number of aromatic nitrogens is 1. The first-order valence-corrected chi connectivity index (χ1v) is 11.7. The Balaban J connectivity index is 1.71. The molecule has 0 amide bonds. The topological polar surface area (TPSA) is 74.2 Å². The van der Waals surface area contributed by atoms with Crippen LogP contribution < -0.4 is 10.6 Å². The molecule has 7 heteroatoms. The van der Waals surface area contributed by atoms with Crippen LogP contribution in [0.2, 0.25) is 5.02 Å². The minimum Gasteiger partial charge on any atom is -0.480 e. The van der Waals surface area contributed by atoms with Gasteiger partial charge >= 0.3 is 5.97 Å². The van der Waals surface area contributed by atoms with Crippen molar-refractivity contribution >= 4 is 23.3 Å². The number of hydrogen-bond acceptors (Lipinski definition) is 4. The van der Waals surface area contributed by atoms with Gasteiger partial charge in [-0.2, -0.15) is 0 Å². The van der Waals surface area contributed by atoms with Gasteiger partial charge in [0.15, 0.2) is 0 Å². The number of benzene rings is 1. The quantitative estimate of drug-likeness (QED) is 0.598. The lowest BCUT2D eigenvalue weighted by Crippen LogP contribution is -2.46. The lowest BCUT2D eigenvalue weighted by Gasteiger charge is -2.39. The van der Waals surface area contributed by atoms with Crippen LogP contribution in [0.15, 0.2) is 30.5 Å². The molecule has 3 aliphatic rings. The van der Waals surface area contributed by atoms with Crippen molar-refractivity contribution in [2.24, 2.45) is 5.41 Å². The minimum atomic E-state index is -0.985. The van der Waals surface area contributed by atoms with Crippen molar-refractivity contribution in [1.29, 1.82) is 0 Å². The molecule has 3 heterocycles. The normalized spacial score (nSPS) is 29.2. The summed E-state index contributed by atoms with van der Waals surface area (Å²) in [5.41, 5.74) is 2.66. The van der Waals surface area contributed by atoms with Gasteiger partial charge in [0.2, 0.25) is 0 Å². The van der Waals surface area contributed by atoms with Crippen molar-refractivity contribution in [3.8, 4) is 0 Å². The molecule has 0 bridgehead atoms. The van der Waals surface area contributed by atoms with Gasteiger partial charge in [0.1, 0.15) is 11.9 Å². The fourth-order valence-corrected chi connectivity index (χ4v) is 5.96. The van der Waals surface area contributed by atoms with Crippen molar-refractivity contribution in [3.05, 3.63) is 58.1 Å². The average molecular weight is 458 g/mol. The number of hydrogen-bond donors (Lipinski definition) is 3. The standard InChI is InChI=1S/C25H29ClFN3O2/c1-24(2,3)10-19-25(12-29-18-9-17(13-7-8-13)28-11-15(18)25)20(22(30-19)23(31)32)14-5-4-6-16(26)21(14)27/h4-6,9,11,13,19-20,22,29-30H,7-8,10,12H2,1-3H3,(H,31,32). The zero-order chi connectivity index (χ0) is 22.8. The summed E-state index contributed by atoms with van der Waals surface area (Å²) in [6, 6.07) is 5.87. The van der Waals surface area contributed by atoms with Gasteiger partial charge in [0.05, 0.1) is 5.02 Å². The number of nitrogens with zero attached hydrogens (tertiary/aromatic N) is 1. The third-order valence-corrected chi connectivity index (χ3v) is 7.58. The van der Waals surface area contributed by atoms with Crippen LogP contribution >= 0.6 is 11.6 Å². The zero-order valence-electron chi connectivity index (χ0n) is 18.6. The number of anilines is 1. The summed E-state index contributed by atoms with van der Waals surface area (Å²) in [4.78, 5) is 17.2. The van der Waals surface area contributed by atoms with Gasteiger partial charge in [0, 0.05) is 53.0 Å². The summed E-state index contributed by atoms with van der Waals surface area (Å²) < 4.78 is 15.4. The Labute approximate surface area is 192 Å². The highest BCUT2D eigenvalue weighted by atomic mass is 35.5. The van der Waals surface area contributed by atoms with Crippen LogP contribution in [0, 0.1) is 11.2 Å². The van der Waals surface area contributed by atoms with Crippen molar-refractivity contribution in [2.45, 2.75) is 69.4 Å². The second-order valence-corrected chi connectivity index (χ2v) is 11.2. The van der Waals surface area contributed by atoms with Crippen molar-refractivity contribution in [3.63, 3.8) is 0 Å². The maximum Gasteiger partial charge on any atom is 0.321 e. The number of rotatable bonds is 4. The summed E-state index contributed by atoms with van der Waals surface area (Å²) in [6.45, 7) is 6.95. The molecule has 1 aromatic heterocycles. The predicted octanol–water partition coefficient (Wildman–Crippen LogP) is 5.06. The molecule has 1 aromatic carbocycles.